The van der Waals surface area contributed by atoms with Crippen molar-refractivity contribution in [2.24, 2.45) is 7.05 Å². The van der Waals surface area contributed by atoms with Gasteiger partial charge in [-0.2, -0.15) is 0 Å². The molecule has 1 heterocycles. The van der Waals surface area contributed by atoms with Crippen molar-refractivity contribution in [2.45, 2.75) is 13.5 Å². The van der Waals surface area contributed by atoms with Crippen molar-refractivity contribution in [3.8, 4) is 0 Å². The molecule has 4 heteroatoms. The van der Waals surface area contributed by atoms with Crippen LogP contribution in [0.15, 0.2) is 36.7 Å². The van der Waals surface area contributed by atoms with Crippen molar-refractivity contribution in [1.29, 1.82) is 0 Å². The maximum Gasteiger partial charge on any atom is 0.205 e. The number of para-hydroxylation sites is 1. The van der Waals surface area contributed by atoms with Crippen molar-refractivity contribution in [3.63, 3.8) is 0 Å². The van der Waals surface area contributed by atoms with Crippen LogP contribution in [0.5, 0.6) is 0 Å². The third-order valence-electron chi connectivity index (χ3n) is 2.88. The number of imidazole rings is 1. The second-order valence-electron chi connectivity index (χ2n) is 4.05. The molecule has 2 aromatic rings. The molecule has 0 aliphatic rings. The lowest BCUT2D eigenvalue weighted by Gasteiger charge is -2.22. The van der Waals surface area contributed by atoms with Crippen LogP contribution in [0.4, 0.5) is 11.6 Å². The first-order valence-corrected chi connectivity index (χ1v) is 5.78. The number of rotatable bonds is 4. The maximum absolute atomic E-state index is 5.96. The first-order chi connectivity index (χ1) is 8.22. The Bertz CT molecular complexity index is 490. The van der Waals surface area contributed by atoms with Gasteiger partial charge in [0.05, 0.1) is 0 Å². The zero-order valence-electron chi connectivity index (χ0n) is 10.3. The van der Waals surface area contributed by atoms with Gasteiger partial charge in [0.2, 0.25) is 5.95 Å². The molecule has 2 rings (SSSR count). The summed E-state index contributed by atoms with van der Waals surface area (Å²) in [7, 11) is 2.00. The molecule has 4 nitrogen and oxygen atoms in total. The second-order valence-corrected chi connectivity index (χ2v) is 4.05. The molecule has 0 radical (unpaired) electrons. The number of anilines is 2. The monoisotopic (exact) mass is 230 g/mol. The highest BCUT2D eigenvalue weighted by Crippen LogP contribution is 2.17. The van der Waals surface area contributed by atoms with Crippen LogP contribution in [0.3, 0.4) is 0 Å². The first-order valence-electron chi connectivity index (χ1n) is 5.78. The molecule has 0 fully saturated rings. The van der Waals surface area contributed by atoms with E-state index in [0.29, 0.717) is 0 Å². The van der Waals surface area contributed by atoms with Crippen LogP contribution in [0.2, 0.25) is 0 Å². The summed E-state index contributed by atoms with van der Waals surface area (Å²) in [5, 5.41) is 0. The summed E-state index contributed by atoms with van der Waals surface area (Å²) in [5.74, 6) is 0.968. The fraction of sp³-hybridized carbons (Fsp3) is 0.308. The molecule has 0 aliphatic carbocycles. The van der Waals surface area contributed by atoms with Gasteiger partial charge in [-0.15, -0.1) is 0 Å². The van der Waals surface area contributed by atoms with E-state index in [4.69, 9.17) is 5.73 Å². The molecular formula is C13H18N4. The van der Waals surface area contributed by atoms with E-state index in [1.54, 1.807) is 0 Å². The van der Waals surface area contributed by atoms with Crippen molar-refractivity contribution in [2.75, 3.05) is 17.2 Å². The molecular weight excluding hydrogens is 212 g/mol. The lowest BCUT2D eigenvalue weighted by atomic mass is 10.2. The summed E-state index contributed by atoms with van der Waals surface area (Å²) in [5.41, 5.74) is 7.93. The van der Waals surface area contributed by atoms with Crippen LogP contribution < -0.4 is 10.6 Å². The number of benzene rings is 1. The fourth-order valence-corrected chi connectivity index (χ4v) is 1.87. The van der Waals surface area contributed by atoms with E-state index in [9.17, 15) is 0 Å². The number of hydrogen-bond acceptors (Lipinski definition) is 3. The molecule has 0 aliphatic heterocycles. The molecule has 2 N–H and O–H groups in total. The summed E-state index contributed by atoms with van der Waals surface area (Å²) >= 11 is 0. The van der Waals surface area contributed by atoms with Gasteiger partial charge in [-0.25, -0.2) is 4.98 Å². The van der Waals surface area contributed by atoms with E-state index in [0.717, 1.165) is 30.3 Å². The summed E-state index contributed by atoms with van der Waals surface area (Å²) in [4.78, 5) is 6.56. The summed E-state index contributed by atoms with van der Waals surface area (Å²) in [6.07, 6.45) is 3.76. The molecule has 0 bridgehead atoms. The highest BCUT2D eigenvalue weighted by atomic mass is 15.3. The lowest BCUT2D eigenvalue weighted by Crippen LogP contribution is -2.25. The van der Waals surface area contributed by atoms with E-state index in [-0.39, 0.29) is 0 Å². The summed E-state index contributed by atoms with van der Waals surface area (Å²) < 4.78 is 2.02. The molecule has 1 aromatic heterocycles. The molecule has 0 spiro atoms. The van der Waals surface area contributed by atoms with Crippen molar-refractivity contribution in [1.82, 2.24) is 9.55 Å². The molecule has 0 saturated heterocycles. The number of nitrogens with two attached hydrogens (primary N) is 1. The van der Waals surface area contributed by atoms with Gasteiger partial charge in [-0.1, -0.05) is 18.2 Å². The Morgan fingerprint density at radius 1 is 1.35 bits per heavy atom. The topological polar surface area (TPSA) is 47.1 Å². The van der Waals surface area contributed by atoms with Gasteiger partial charge in [-0.3, -0.25) is 0 Å². The third kappa shape index (κ3) is 2.41. The quantitative estimate of drug-likeness (QED) is 0.817. The minimum atomic E-state index is 0.786. The zero-order chi connectivity index (χ0) is 12.3. The number of aryl methyl sites for hydroxylation is 1. The molecule has 1 aromatic carbocycles. The number of hydrogen-bond donors (Lipinski definition) is 1. The second kappa shape index (κ2) is 4.91. The summed E-state index contributed by atoms with van der Waals surface area (Å²) in [6.45, 7) is 3.81. The van der Waals surface area contributed by atoms with E-state index in [1.807, 2.05) is 42.2 Å². The highest BCUT2D eigenvalue weighted by Gasteiger charge is 2.10. The number of nitrogen functional groups attached to an aromatic ring is 1. The van der Waals surface area contributed by atoms with Crippen LogP contribution in [0.25, 0.3) is 0 Å². The van der Waals surface area contributed by atoms with E-state index in [2.05, 4.69) is 22.9 Å². The smallest absolute Gasteiger partial charge is 0.205 e. The largest absolute Gasteiger partial charge is 0.398 e. The average Bonchev–Trinajstić information content (AvgIpc) is 2.75. The van der Waals surface area contributed by atoms with Crippen LogP contribution in [-0.4, -0.2) is 16.1 Å². The Kier molecular flexibility index (Phi) is 3.32. The first kappa shape index (κ1) is 11.5. The predicted octanol–water partition coefficient (Wildman–Crippen LogP) is 2.03. The van der Waals surface area contributed by atoms with Crippen molar-refractivity contribution < 1.29 is 0 Å². The predicted molar refractivity (Wildman–Crippen MR) is 70.8 cm³/mol. The van der Waals surface area contributed by atoms with Gasteiger partial charge in [0.1, 0.15) is 0 Å². The Hall–Kier alpha value is -1.97. The van der Waals surface area contributed by atoms with Gasteiger partial charge in [-0.05, 0) is 18.6 Å². The van der Waals surface area contributed by atoms with Gasteiger partial charge in [0.25, 0.3) is 0 Å². The molecule has 0 atom stereocenters. The Morgan fingerprint density at radius 3 is 2.71 bits per heavy atom. The number of aromatic nitrogens is 2. The Morgan fingerprint density at radius 2 is 2.12 bits per heavy atom. The molecule has 17 heavy (non-hydrogen) atoms. The summed E-state index contributed by atoms with van der Waals surface area (Å²) in [6, 6.07) is 7.95. The lowest BCUT2D eigenvalue weighted by molar-refractivity contribution is 0.755. The fourth-order valence-electron chi connectivity index (χ4n) is 1.87. The van der Waals surface area contributed by atoms with Gasteiger partial charge in [0.15, 0.2) is 0 Å². The van der Waals surface area contributed by atoms with E-state index >= 15 is 0 Å². The molecule has 90 valence electrons. The van der Waals surface area contributed by atoms with Crippen LogP contribution in [0.1, 0.15) is 12.5 Å². The van der Waals surface area contributed by atoms with Crippen LogP contribution in [0, 0.1) is 0 Å². The van der Waals surface area contributed by atoms with Gasteiger partial charge < -0.3 is 15.2 Å². The van der Waals surface area contributed by atoms with Crippen LogP contribution >= 0.6 is 0 Å². The highest BCUT2D eigenvalue weighted by molar-refractivity contribution is 5.48. The SMILES string of the molecule is CCN(Cc1ccccc1N)c1nccn1C. The Balaban J connectivity index is 2.22. The van der Waals surface area contributed by atoms with E-state index < -0.39 is 0 Å². The van der Waals surface area contributed by atoms with E-state index in [1.165, 1.54) is 0 Å². The minimum absolute atomic E-state index is 0.786. The van der Waals surface area contributed by atoms with Crippen molar-refractivity contribution >= 4 is 11.6 Å². The molecule has 0 amide bonds. The standard InChI is InChI=1S/C13H18N4/c1-3-17(13-15-8-9-16(13)2)10-11-6-4-5-7-12(11)14/h4-9H,3,10,14H2,1-2H3. The molecule has 0 unspecified atom stereocenters. The van der Waals surface area contributed by atoms with Crippen LogP contribution in [-0.2, 0) is 13.6 Å². The van der Waals surface area contributed by atoms with Gasteiger partial charge >= 0.3 is 0 Å². The number of nitrogens with zero attached hydrogens (tertiary/aromatic N) is 3. The zero-order valence-corrected chi connectivity index (χ0v) is 10.3. The Labute approximate surface area is 102 Å². The third-order valence-corrected chi connectivity index (χ3v) is 2.88. The average molecular weight is 230 g/mol. The van der Waals surface area contributed by atoms with Crippen molar-refractivity contribution in [3.05, 3.63) is 42.2 Å². The van der Waals surface area contributed by atoms with Gasteiger partial charge in [0, 0.05) is 38.2 Å². The normalized spacial score (nSPS) is 10.5. The molecule has 0 saturated carbocycles. The minimum Gasteiger partial charge on any atom is -0.398 e. The maximum atomic E-state index is 5.96.